The number of para-hydroxylation sites is 1. The lowest BCUT2D eigenvalue weighted by Crippen LogP contribution is -2.39. The lowest BCUT2D eigenvalue weighted by atomic mass is 9.82. The van der Waals surface area contributed by atoms with Gasteiger partial charge in [-0.15, -0.1) is 0 Å². The van der Waals surface area contributed by atoms with E-state index in [4.69, 9.17) is 0 Å². The zero-order chi connectivity index (χ0) is 12.4. The van der Waals surface area contributed by atoms with Crippen molar-refractivity contribution in [2.24, 2.45) is 5.92 Å². The molecule has 1 aromatic heterocycles. The highest BCUT2D eigenvalue weighted by atomic mass is 15.3. The molecule has 1 heterocycles. The van der Waals surface area contributed by atoms with Crippen LogP contribution in [0.2, 0.25) is 0 Å². The van der Waals surface area contributed by atoms with Gasteiger partial charge in [-0.1, -0.05) is 25.1 Å². The van der Waals surface area contributed by atoms with Crippen molar-refractivity contribution in [1.82, 2.24) is 15.1 Å². The van der Waals surface area contributed by atoms with Crippen LogP contribution in [0.15, 0.2) is 42.7 Å². The van der Waals surface area contributed by atoms with Crippen LogP contribution in [-0.2, 0) is 6.54 Å². The number of aromatic nitrogens is 2. The number of nitrogens with one attached hydrogen (secondary N) is 1. The van der Waals surface area contributed by atoms with Gasteiger partial charge in [0, 0.05) is 25.0 Å². The molecule has 1 aliphatic rings. The molecule has 0 atom stereocenters. The fourth-order valence-electron chi connectivity index (χ4n) is 2.62. The van der Waals surface area contributed by atoms with Crippen LogP contribution in [-0.4, -0.2) is 15.8 Å². The fourth-order valence-corrected chi connectivity index (χ4v) is 2.62. The molecule has 1 fully saturated rings. The summed E-state index contributed by atoms with van der Waals surface area (Å²) < 4.78 is 1.93. The van der Waals surface area contributed by atoms with Crippen LogP contribution in [0.3, 0.4) is 0 Å². The molecule has 3 nitrogen and oxygen atoms in total. The van der Waals surface area contributed by atoms with E-state index in [0.717, 1.165) is 12.5 Å². The van der Waals surface area contributed by atoms with E-state index in [9.17, 15) is 0 Å². The fraction of sp³-hybridized carbons (Fsp3) is 0.400. The molecular weight excluding hydrogens is 222 g/mol. The van der Waals surface area contributed by atoms with E-state index in [0.29, 0.717) is 6.04 Å². The molecule has 18 heavy (non-hydrogen) atoms. The number of nitrogens with zero attached hydrogens (tertiary/aromatic N) is 2. The quantitative estimate of drug-likeness (QED) is 0.892. The van der Waals surface area contributed by atoms with Crippen molar-refractivity contribution >= 4 is 0 Å². The molecule has 1 saturated carbocycles. The number of benzene rings is 1. The molecule has 1 aromatic carbocycles. The molecule has 0 aliphatic heterocycles. The lowest BCUT2D eigenvalue weighted by molar-refractivity contribution is 0.240. The molecule has 1 aliphatic carbocycles. The van der Waals surface area contributed by atoms with Gasteiger partial charge in [-0.25, -0.2) is 4.68 Å². The molecule has 3 rings (SSSR count). The minimum absolute atomic E-state index is 0.700. The Morgan fingerprint density at radius 1 is 1.28 bits per heavy atom. The Kier molecular flexibility index (Phi) is 3.15. The summed E-state index contributed by atoms with van der Waals surface area (Å²) in [5.74, 6) is 0.892. The predicted octanol–water partition coefficient (Wildman–Crippen LogP) is 2.76. The minimum atomic E-state index is 0.700. The van der Waals surface area contributed by atoms with Gasteiger partial charge in [0.25, 0.3) is 0 Å². The first kappa shape index (κ1) is 11.5. The molecule has 0 unspecified atom stereocenters. The maximum absolute atomic E-state index is 4.31. The highest BCUT2D eigenvalue weighted by Crippen LogP contribution is 2.26. The Morgan fingerprint density at radius 3 is 2.83 bits per heavy atom. The average Bonchev–Trinajstić information content (AvgIpc) is 2.87. The van der Waals surface area contributed by atoms with Crippen molar-refractivity contribution in [2.75, 3.05) is 0 Å². The van der Waals surface area contributed by atoms with Crippen LogP contribution in [0, 0.1) is 5.92 Å². The summed E-state index contributed by atoms with van der Waals surface area (Å²) in [5.41, 5.74) is 2.48. The van der Waals surface area contributed by atoms with Gasteiger partial charge in [0.15, 0.2) is 0 Å². The normalized spacial score (nSPS) is 22.7. The Balaban J connectivity index is 1.71. The van der Waals surface area contributed by atoms with E-state index >= 15 is 0 Å². The van der Waals surface area contributed by atoms with Gasteiger partial charge in [-0.2, -0.15) is 5.10 Å². The van der Waals surface area contributed by atoms with E-state index in [1.165, 1.54) is 24.1 Å². The van der Waals surface area contributed by atoms with Crippen molar-refractivity contribution in [3.8, 4) is 5.69 Å². The molecule has 1 N–H and O–H groups in total. The largest absolute Gasteiger partial charge is 0.310 e. The Labute approximate surface area is 108 Å². The van der Waals surface area contributed by atoms with Crippen LogP contribution in [0.25, 0.3) is 5.69 Å². The van der Waals surface area contributed by atoms with Crippen molar-refractivity contribution in [2.45, 2.75) is 32.4 Å². The van der Waals surface area contributed by atoms with Crippen molar-refractivity contribution in [3.63, 3.8) is 0 Å². The molecular formula is C15H19N3. The summed E-state index contributed by atoms with van der Waals surface area (Å²) in [5, 5.41) is 7.94. The highest BCUT2D eigenvalue weighted by molar-refractivity contribution is 5.40. The molecule has 0 amide bonds. The smallest absolute Gasteiger partial charge is 0.0690 e. The van der Waals surface area contributed by atoms with Gasteiger partial charge in [0.1, 0.15) is 0 Å². The molecule has 0 bridgehead atoms. The zero-order valence-corrected chi connectivity index (χ0v) is 10.7. The second-order valence-electron chi connectivity index (χ2n) is 5.23. The van der Waals surface area contributed by atoms with Crippen LogP contribution < -0.4 is 5.32 Å². The first-order valence-corrected chi connectivity index (χ1v) is 6.64. The van der Waals surface area contributed by atoms with Crippen LogP contribution in [0.5, 0.6) is 0 Å². The van der Waals surface area contributed by atoms with Gasteiger partial charge in [0.05, 0.1) is 5.69 Å². The first-order chi connectivity index (χ1) is 8.83. The van der Waals surface area contributed by atoms with Crippen molar-refractivity contribution in [1.29, 1.82) is 0 Å². The molecule has 2 aromatic rings. The zero-order valence-electron chi connectivity index (χ0n) is 10.7. The SMILES string of the molecule is CC1CC(NCc2ccccc2-n2cccn2)C1. The minimum Gasteiger partial charge on any atom is -0.310 e. The maximum atomic E-state index is 4.31. The summed E-state index contributed by atoms with van der Waals surface area (Å²) in [6.45, 7) is 3.24. The van der Waals surface area contributed by atoms with E-state index in [2.05, 4.69) is 41.6 Å². The molecule has 0 radical (unpaired) electrons. The van der Waals surface area contributed by atoms with Gasteiger partial charge < -0.3 is 5.32 Å². The second-order valence-corrected chi connectivity index (χ2v) is 5.23. The number of hydrogen-bond acceptors (Lipinski definition) is 2. The number of rotatable bonds is 4. The van der Waals surface area contributed by atoms with E-state index in [-0.39, 0.29) is 0 Å². The van der Waals surface area contributed by atoms with Gasteiger partial charge in [0.2, 0.25) is 0 Å². The van der Waals surface area contributed by atoms with E-state index < -0.39 is 0 Å². The Bertz CT molecular complexity index is 498. The topological polar surface area (TPSA) is 29.9 Å². The Morgan fingerprint density at radius 2 is 2.11 bits per heavy atom. The third kappa shape index (κ3) is 2.31. The van der Waals surface area contributed by atoms with Crippen LogP contribution in [0.1, 0.15) is 25.3 Å². The monoisotopic (exact) mass is 241 g/mol. The first-order valence-electron chi connectivity index (χ1n) is 6.64. The molecule has 94 valence electrons. The van der Waals surface area contributed by atoms with E-state index in [1.807, 2.05) is 23.1 Å². The molecule has 0 saturated heterocycles. The van der Waals surface area contributed by atoms with Gasteiger partial charge in [-0.05, 0) is 36.5 Å². The second kappa shape index (κ2) is 4.94. The summed E-state index contributed by atoms with van der Waals surface area (Å²) in [7, 11) is 0. The van der Waals surface area contributed by atoms with Gasteiger partial charge >= 0.3 is 0 Å². The van der Waals surface area contributed by atoms with Crippen LogP contribution >= 0.6 is 0 Å². The van der Waals surface area contributed by atoms with Crippen molar-refractivity contribution in [3.05, 3.63) is 48.3 Å². The van der Waals surface area contributed by atoms with Crippen molar-refractivity contribution < 1.29 is 0 Å². The van der Waals surface area contributed by atoms with Gasteiger partial charge in [-0.3, -0.25) is 0 Å². The Hall–Kier alpha value is -1.61. The molecule has 0 spiro atoms. The predicted molar refractivity (Wildman–Crippen MR) is 72.6 cm³/mol. The highest BCUT2D eigenvalue weighted by Gasteiger charge is 2.24. The van der Waals surface area contributed by atoms with Crippen LogP contribution in [0.4, 0.5) is 0 Å². The summed E-state index contributed by atoms with van der Waals surface area (Å²) >= 11 is 0. The number of hydrogen-bond donors (Lipinski definition) is 1. The summed E-state index contributed by atoms with van der Waals surface area (Å²) in [6, 6.07) is 11.1. The average molecular weight is 241 g/mol. The molecule has 3 heteroatoms. The van der Waals surface area contributed by atoms with E-state index in [1.54, 1.807) is 0 Å². The third-order valence-electron chi connectivity index (χ3n) is 3.70. The maximum Gasteiger partial charge on any atom is 0.0690 e. The lowest BCUT2D eigenvalue weighted by Gasteiger charge is -2.33. The standard InChI is InChI=1S/C15H19N3/c1-12-9-14(10-12)16-11-13-5-2-3-6-15(13)18-8-4-7-17-18/h2-8,12,14,16H,9-11H2,1H3. The summed E-state index contributed by atoms with van der Waals surface area (Å²) in [6.07, 6.45) is 6.43. The third-order valence-corrected chi connectivity index (χ3v) is 3.70. The summed E-state index contributed by atoms with van der Waals surface area (Å²) in [4.78, 5) is 0.